The summed E-state index contributed by atoms with van der Waals surface area (Å²) in [5, 5.41) is 10.3. The van der Waals surface area contributed by atoms with Crippen molar-refractivity contribution in [2.45, 2.75) is 26.7 Å². The number of para-hydroxylation sites is 1. The second-order valence-electron chi connectivity index (χ2n) is 7.09. The van der Waals surface area contributed by atoms with Gasteiger partial charge < -0.3 is 9.84 Å². The van der Waals surface area contributed by atoms with Crippen LogP contribution in [-0.2, 0) is 4.79 Å². The van der Waals surface area contributed by atoms with Crippen LogP contribution < -0.4 is 4.74 Å². The van der Waals surface area contributed by atoms with Crippen molar-refractivity contribution in [2.24, 2.45) is 17.3 Å². The molecule has 0 heterocycles. The van der Waals surface area contributed by atoms with Crippen LogP contribution in [-0.4, -0.2) is 11.1 Å². The lowest BCUT2D eigenvalue weighted by Crippen LogP contribution is -2.46. The standard InChI is InChI=1S/C24H25ClO3/c1-5-22(24(17(2)3,23(26)27)18(4)14-15-25)19-10-9-13-21(16-19)28-20-11-7-6-8-12-20/h1,6-18,22H,2-4H3,(H,26,27). The molecular formula is C24H25ClO3. The minimum Gasteiger partial charge on any atom is -0.481 e. The lowest BCUT2D eigenvalue weighted by atomic mass is 9.59. The Labute approximate surface area is 172 Å². The SMILES string of the molecule is C#CC(c1cccc(Oc2ccccc2)c1)C(C(=O)O)(C(C)C)C(C)C=CCl. The van der Waals surface area contributed by atoms with Crippen LogP contribution in [0.2, 0.25) is 0 Å². The maximum absolute atomic E-state index is 12.5. The molecule has 4 heteroatoms. The Morgan fingerprint density at radius 3 is 2.32 bits per heavy atom. The molecule has 0 aliphatic carbocycles. The predicted octanol–water partition coefficient (Wildman–Crippen LogP) is 6.31. The van der Waals surface area contributed by atoms with Crippen molar-refractivity contribution >= 4 is 17.6 Å². The second kappa shape index (κ2) is 9.48. The lowest BCUT2D eigenvalue weighted by Gasteiger charge is -2.42. The summed E-state index contributed by atoms with van der Waals surface area (Å²) in [6.07, 6.45) is 7.58. The van der Waals surface area contributed by atoms with Crippen LogP contribution in [0, 0.1) is 29.6 Å². The third-order valence-corrected chi connectivity index (χ3v) is 5.40. The molecule has 3 atom stereocenters. The molecule has 0 fully saturated rings. The maximum Gasteiger partial charge on any atom is 0.312 e. The molecule has 0 amide bonds. The zero-order valence-corrected chi connectivity index (χ0v) is 17.1. The topological polar surface area (TPSA) is 46.5 Å². The van der Waals surface area contributed by atoms with E-state index in [1.807, 2.05) is 75.4 Å². The van der Waals surface area contributed by atoms with Crippen molar-refractivity contribution in [3.63, 3.8) is 0 Å². The first-order valence-electron chi connectivity index (χ1n) is 9.17. The summed E-state index contributed by atoms with van der Waals surface area (Å²) < 4.78 is 5.90. The van der Waals surface area contributed by atoms with Gasteiger partial charge in [0.05, 0.1) is 11.3 Å². The molecule has 0 spiro atoms. The highest BCUT2D eigenvalue weighted by molar-refractivity contribution is 6.25. The van der Waals surface area contributed by atoms with Crippen LogP contribution in [0.3, 0.4) is 0 Å². The first-order valence-corrected chi connectivity index (χ1v) is 9.60. The van der Waals surface area contributed by atoms with Gasteiger partial charge in [-0.3, -0.25) is 4.79 Å². The van der Waals surface area contributed by atoms with E-state index in [-0.39, 0.29) is 11.8 Å². The summed E-state index contributed by atoms with van der Waals surface area (Å²) in [4.78, 5) is 12.5. The average molecular weight is 397 g/mol. The summed E-state index contributed by atoms with van der Waals surface area (Å²) in [6.45, 7) is 5.59. The summed E-state index contributed by atoms with van der Waals surface area (Å²) in [5.74, 6) is 1.84. The van der Waals surface area contributed by atoms with Gasteiger partial charge >= 0.3 is 5.97 Å². The highest BCUT2D eigenvalue weighted by atomic mass is 35.5. The van der Waals surface area contributed by atoms with Gasteiger partial charge in [-0.25, -0.2) is 0 Å². The fraction of sp³-hybridized carbons (Fsp3) is 0.292. The van der Waals surface area contributed by atoms with Crippen LogP contribution in [0.15, 0.2) is 66.2 Å². The van der Waals surface area contributed by atoms with Gasteiger partial charge in [0.15, 0.2) is 0 Å². The molecule has 2 aromatic carbocycles. The minimum absolute atomic E-state index is 0.229. The van der Waals surface area contributed by atoms with Crippen molar-refractivity contribution in [1.82, 2.24) is 0 Å². The molecule has 1 N–H and O–H groups in total. The van der Waals surface area contributed by atoms with Crippen molar-refractivity contribution < 1.29 is 14.6 Å². The molecule has 0 radical (unpaired) electrons. The third kappa shape index (κ3) is 4.24. The molecule has 0 saturated heterocycles. The number of carboxylic acids is 1. The van der Waals surface area contributed by atoms with Crippen molar-refractivity contribution in [3.05, 3.63) is 71.8 Å². The van der Waals surface area contributed by atoms with Crippen molar-refractivity contribution in [2.75, 3.05) is 0 Å². The fourth-order valence-corrected chi connectivity index (χ4v) is 4.07. The Morgan fingerprint density at radius 1 is 1.14 bits per heavy atom. The predicted molar refractivity (Wildman–Crippen MR) is 114 cm³/mol. The number of halogens is 1. The molecular weight excluding hydrogens is 372 g/mol. The molecule has 2 rings (SSSR count). The van der Waals surface area contributed by atoms with E-state index in [4.69, 9.17) is 22.8 Å². The highest BCUT2D eigenvalue weighted by Crippen LogP contribution is 2.49. The number of carbonyl (C=O) groups is 1. The molecule has 0 bridgehead atoms. The first-order chi connectivity index (χ1) is 13.4. The van der Waals surface area contributed by atoms with Crippen LogP contribution in [0.25, 0.3) is 0 Å². The van der Waals surface area contributed by atoms with Gasteiger partial charge in [0.1, 0.15) is 11.5 Å². The number of rotatable bonds is 8. The fourth-order valence-electron chi connectivity index (χ4n) is 3.85. The smallest absolute Gasteiger partial charge is 0.312 e. The normalized spacial score (nSPS) is 15.6. The Balaban J connectivity index is 2.53. The van der Waals surface area contributed by atoms with E-state index in [2.05, 4.69) is 5.92 Å². The number of carboxylic acid groups (broad SMARTS) is 1. The largest absolute Gasteiger partial charge is 0.481 e. The van der Waals surface area contributed by atoms with Crippen LogP contribution in [0.4, 0.5) is 0 Å². The van der Waals surface area contributed by atoms with E-state index in [0.717, 1.165) is 5.56 Å². The number of ether oxygens (including phenoxy) is 1. The number of terminal acetylenes is 1. The van der Waals surface area contributed by atoms with E-state index in [0.29, 0.717) is 11.5 Å². The van der Waals surface area contributed by atoms with Crippen molar-refractivity contribution in [1.29, 1.82) is 0 Å². The molecule has 0 saturated carbocycles. The summed E-state index contributed by atoms with van der Waals surface area (Å²) in [5.41, 5.74) is 0.862. The van der Waals surface area contributed by atoms with Crippen molar-refractivity contribution in [3.8, 4) is 23.8 Å². The van der Waals surface area contributed by atoms with Crippen LogP contribution in [0.1, 0.15) is 32.3 Å². The molecule has 2 aromatic rings. The number of hydrogen-bond acceptors (Lipinski definition) is 2. The number of benzene rings is 2. The van der Waals surface area contributed by atoms with Crippen LogP contribution >= 0.6 is 11.6 Å². The zero-order valence-electron chi connectivity index (χ0n) is 16.3. The van der Waals surface area contributed by atoms with E-state index in [9.17, 15) is 9.90 Å². The Hall–Kier alpha value is -2.70. The third-order valence-electron chi connectivity index (χ3n) is 5.26. The lowest BCUT2D eigenvalue weighted by molar-refractivity contribution is -0.155. The monoisotopic (exact) mass is 396 g/mol. The number of allylic oxidation sites excluding steroid dienone is 1. The number of aliphatic carboxylic acids is 1. The van der Waals surface area contributed by atoms with E-state index >= 15 is 0 Å². The Kier molecular flexibility index (Phi) is 7.31. The average Bonchev–Trinajstić information content (AvgIpc) is 2.66. The number of hydrogen-bond donors (Lipinski definition) is 1. The Bertz CT molecular complexity index is 867. The van der Waals surface area contributed by atoms with Gasteiger partial charge in [-0.1, -0.05) is 74.7 Å². The van der Waals surface area contributed by atoms with Gasteiger partial charge in [-0.2, -0.15) is 0 Å². The van der Waals surface area contributed by atoms with E-state index in [1.54, 1.807) is 6.08 Å². The van der Waals surface area contributed by atoms with Crippen LogP contribution in [0.5, 0.6) is 11.5 Å². The van der Waals surface area contributed by atoms with Gasteiger partial charge in [0.25, 0.3) is 0 Å². The molecule has 3 unspecified atom stereocenters. The highest BCUT2D eigenvalue weighted by Gasteiger charge is 2.52. The second-order valence-corrected chi connectivity index (χ2v) is 7.34. The van der Waals surface area contributed by atoms with Gasteiger partial charge in [-0.05, 0) is 41.7 Å². The van der Waals surface area contributed by atoms with Gasteiger partial charge in [0, 0.05) is 5.54 Å². The first kappa shape index (κ1) is 21.6. The quantitative estimate of drug-likeness (QED) is 0.531. The summed E-state index contributed by atoms with van der Waals surface area (Å²) in [6, 6.07) is 16.7. The maximum atomic E-state index is 12.5. The molecule has 0 aliphatic heterocycles. The molecule has 28 heavy (non-hydrogen) atoms. The zero-order chi connectivity index (χ0) is 20.7. The molecule has 0 aromatic heterocycles. The molecule has 146 valence electrons. The Morgan fingerprint density at radius 2 is 1.79 bits per heavy atom. The van der Waals surface area contributed by atoms with Gasteiger partial charge in [-0.15, -0.1) is 6.42 Å². The van der Waals surface area contributed by atoms with E-state index in [1.165, 1.54) is 5.54 Å². The minimum atomic E-state index is -1.22. The summed E-state index contributed by atoms with van der Waals surface area (Å²) >= 11 is 5.78. The molecule has 0 aliphatic rings. The summed E-state index contributed by atoms with van der Waals surface area (Å²) in [7, 11) is 0. The molecule has 3 nitrogen and oxygen atoms in total. The van der Waals surface area contributed by atoms with E-state index < -0.39 is 17.3 Å². The van der Waals surface area contributed by atoms with Gasteiger partial charge in [0.2, 0.25) is 0 Å².